The van der Waals surface area contributed by atoms with Crippen molar-refractivity contribution in [2.75, 3.05) is 0 Å². The fourth-order valence-electron chi connectivity index (χ4n) is 1.30. The first kappa shape index (κ1) is 11.4. The number of allylic oxidation sites excluding steroid dienone is 1. The molecule has 0 radical (unpaired) electrons. The van der Waals surface area contributed by atoms with Gasteiger partial charge >= 0.3 is 5.97 Å². The van der Waals surface area contributed by atoms with Crippen LogP contribution in [-0.2, 0) is 9.53 Å². The Kier molecular flexibility index (Phi) is 2.53. The van der Waals surface area contributed by atoms with E-state index in [2.05, 4.69) is 9.97 Å². The lowest BCUT2D eigenvalue weighted by Gasteiger charge is -2.13. The van der Waals surface area contributed by atoms with E-state index in [1.165, 1.54) is 18.5 Å². The van der Waals surface area contributed by atoms with Gasteiger partial charge in [0.2, 0.25) is 0 Å². The Balaban J connectivity index is 2.42. The third-order valence-electron chi connectivity index (χ3n) is 2.33. The molecule has 88 valence electrons. The topological polar surface area (TPSA) is 69.2 Å². The van der Waals surface area contributed by atoms with Gasteiger partial charge in [0.05, 0.1) is 0 Å². The van der Waals surface area contributed by atoms with Gasteiger partial charge in [-0.2, -0.15) is 0 Å². The summed E-state index contributed by atoms with van der Waals surface area (Å²) in [4.78, 5) is 31.1. The van der Waals surface area contributed by atoms with E-state index >= 15 is 0 Å². The first-order valence-corrected chi connectivity index (χ1v) is 5.19. The Hall–Kier alpha value is -2.04. The van der Waals surface area contributed by atoms with Crippen molar-refractivity contribution in [2.45, 2.75) is 20.8 Å². The summed E-state index contributed by atoms with van der Waals surface area (Å²) in [5.74, 6) is -0.516. The van der Waals surface area contributed by atoms with Crippen LogP contribution in [0.2, 0.25) is 0 Å². The molecule has 1 aliphatic heterocycles. The molecule has 0 unspecified atom stereocenters. The molecule has 0 amide bonds. The zero-order chi connectivity index (χ0) is 12.6. The Morgan fingerprint density at radius 1 is 1.24 bits per heavy atom. The van der Waals surface area contributed by atoms with Crippen LogP contribution < -0.4 is 0 Å². The van der Waals surface area contributed by atoms with Gasteiger partial charge < -0.3 is 4.74 Å². The summed E-state index contributed by atoms with van der Waals surface area (Å²) in [6.07, 6.45) is 4.17. The van der Waals surface area contributed by atoms with Gasteiger partial charge in [-0.25, -0.2) is 14.8 Å². The highest BCUT2D eigenvalue weighted by Crippen LogP contribution is 2.27. The minimum absolute atomic E-state index is 0.126. The Labute approximate surface area is 98.5 Å². The summed E-state index contributed by atoms with van der Waals surface area (Å²) in [5, 5.41) is 0. The Morgan fingerprint density at radius 3 is 2.41 bits per heavy atom. The minimum Gasteiger partial charge on any atom is -0.419 e. The molecule has 0 spiro atoms. The highest BCUT2D eigenvalue weighted by atomic mass is 16.5. The molecule has 2 heterocycles. The average molecular weight is 232 g/mol. The zero-order valence-corrected chi connectivity index (χ0v) is 9.85. The molecule has 5 heteroatoms. The van der Waals surface area contributed by atoms with Crippen molar-refractivity contribution in [3.05, 3.63) is 29.9 Å². The smallest absolute Gasteiger partial charge is 0.364 e. The van der Waals surface area contributed by atoms with E-state index in [9.17, 15) is 9.59 Å². The van der Waals surface area contributed by atoms with Gasteiger partial charge in [-0.05, 0) is 0 Å². The molecule has 0 fully saturated rings. The number of aromatic nitrogens is 2. The van der Waals surface area contributed by atoms with Crippen molar-refractivity contribution in [1.29, 1.82) is 0 Å². The van der Waals surface area contributed by atoms with Crippen molar-refractivity contribution < 1.29 is 14.3 Å². The highest BCUT2D eigenvalue weighted by molar-refractivity contribution is 6.06. The molecule has 1 aliphatic rings. The van der Waals surface area contributed by atoms with Crippen LogP contribution in [0, 0.1) is 5.41 Å². The van der Waals surface area contributed by atoms with Gasteiger partial charge in [0.1, 0.15) is 5.69 Å². The number of esters is 1. The summed E-state index contributed by atoms with van der Waals surface area (Å²) in [6.45, 7) is 5.38. The van der Waals surface area contributed by atoms with Gasteiger partial charge in [-0.1, -0.05) is 20.8 Å². The Bertz CT molecular complexity index is 527. The molecule has 17 heavy (non-hydrogen) atoms. The van der Waals surface area contributed by atoms with Crippen molar-refractivity contribution in [2.24, 2.45) is 5.41 Å². The van der Waals surface area contributed by atoms with Crippen LogP contribution in [0.4, 0.5) is 0 Å². The van der Waals surface area contributed by atoms with Crippen LogP contribution in [0.15, 0.2) is 18.5 Å². The maximum absolute atomic E-state index is 11.8. The number of ether oxygens (including phenoxy) is 1. The van der Waals surface area contributed by atoms with Gasteiger partial charge in [0, 0.05) is 23.9 Å². The maximum Gasteiger partial charge on any atom is 0.364 e. The molecule has 1 aromatic heterocycles. The van der Waals surface area contributed by atoms with Gasteiger partial charge in [-0.15, -0.1) is 0 Å². The first-order chi connectivity index (χ1) is 7.89. The number of cyclic esters (lactones) is 1. The number of rotatable bonds is 1. The lowest BCUT2D eigenvalue weighted by Crippen LogP contribution is -2.17. The molecule has 0 saturated carbocycles. The maximum atomic E-state index is 11.8. The number of fused-ring (bicyclic) bond motifs is 1. The summed E-state index contributed by atoms with van der Waals surface area (Å²) >= 11 is 0. The van der Waals surface area contributed by atoms with E-state index < -0.39 is 11.4 Å². The predicted octanol–water partition coefficient (Wildman–Crippen LogP) is 1.60. The summed E-state index contributed by atoms with van der Waals surface area (Å²) in [6, 6.07) is 0. The van der Waals surface area contributed by atoms with E-state index in [-0.39, 0.29) is 17.2 Å². The lowest BCUT2D eigenvalue weighted by molar-refractivity contribution is -0.121. The first-order valence-electron chi connectivity index (χ1n) is 5.19. The van der Waals surface area contributed by atoms with E-state index in [4.69, 9.17) is 4.74 Å². The number of hydrogen-bond donors (Lipinski definition) is 0. The third kappa shape index (κ3) is 2.08. The van der Waals surface area contributed by atoms with Crippen LogP contribution >= 0.6 is 0 Å². The quantitative estimate of drug-likeness (QED) is 0.543. The third-order valence-corrected chi connectivity index (χ3v) is 2.33. The van der Waals surface area contributed by atoms with Crippen LogP contribution in [-0.4, -0.2) is 21.7 Å². The van der Waals surface area contributed by atoms with Gasteiger partial charge in [0.15, 0.2) is 17.2 Å². The summed E-state index contributed by atoms with van der Waals surface area (Å²) in [5.41, 5.74) is -0.0414. The van der Waals surface area contributed by atoms with Crippen molar-refractivity contribution in [3.8, 4) is 0 Å². The van der Waals surface area contributed by atoms with Crippen molar-refractivity contribution >= 4 is 17.5 Å². The second-order valence-electron chi connectivity index (χ2n) is 4.77. The van der Waals surface area contributed by atoms with Crippen LogP contribution in [0.5, 0.6) is 0 Å². The molecular formula is C12H12N2O3. The number of carbonyl (C=O) groups is 2. The SMILES string of the molecule is CC(C)(C)C(=O)/C=C1\OC(=O)c2nccnc21. The molecule has 2 rings (SSSR count). The van der Waals surface area contributed by atoms with E-state index in [0.717, 1.165) is 0 Å². The lowest BCUT2D eigenvalue weighted by atomic mass is 9.90. The molecule has 5 nitrogen and oxygen atoms in total. The molecule has 0 aromatic carbocycles. The van der Waals surface area contributed by atoms with E-state index in [1.807, 2.05) is 0 Å². The number of carbonyl (C=O) groups excluding carboxylic acids is 2. The number of ketones is 1. The zero-order valence-electron chi connectivity index (χ0n) is 9.85. The highest BCUT2D eigenvalue weighted by Gasteiger charge is 2.31. The summed E-state index contributed by atoms with van der Waals surface area (Å²) in [7, 11) is 0. The molecule has 0 N–H and O–H groups in total. The average Bonchev–Trinajstić information content (AvgIpc) is 2.56. The summed E-state index contributed by atoms with van der Waals surface area (Å²) < 4.78 is 4.97. The normalized spacial score (nSPS) is 16.9. The van der Waals surface area contributed by atoms with Crippen LogP contribution in [0.1, 0.15) is 37.0 Å². The monoisotopic (exact) mass is 232 g/mol. The van der Waals surface area contributed by atoms with E-state index in [0.29, 0.717) is 5.69 Å². The van der Waals surface area contributed by atoms with Crippen molar-refractivity contribution in [1.82, 2.24) is 9.97 Å². The standard InChI is InChI=1S/C12H12N2O3/c1-12(2,3)8(15)6-7-9-10(11(16)17-7)14-5-4-13-9/h4-6H,1-3H3/b7-6-. The molecule has 0 aliphatic carbocycles. The van der Waals surface area contributed by atoms with Gasteiger partial charge in [0.25, 0.3) is 0 Å². The predicted molar refractivity (Wildman–Crippen MR) is 59.9 cm³/mol. The van der Waals surface area contributed by atoms with Crippen LogP contribution in [0.3, 0.4) is 0 Å². The second-order valence-corrected chi connectivity index (χ2v) is 4.77. The van der Waals surface area contributed by atoms with Gasteiger partial charge in [-0.3, -0.25) is 4.79 Å². The van der Waals surface area contributed by atoms with Crippen molar-refractivity contribution in [3.63, 3.8) is 0 Å². The fourth-order valence-corrected chi connectivity index (χ4v) is 1.30. The number of nitrogens with zero attached hydrogens (tertiary/aromatic N) is 2. The second kappa shape index (κ2) is 3.76. The molecular weight excluding hydrogens is 220 g/mol. The van der Waals surface area contributed by atoms with Crippen LogP contribution in [0.25, 0.3) is 5.76 Å². The number of hydrogen-bond acceptors (Lipinski definition) is 5. The molecule has 0 atom stereocenters. The molecule has 1 aromatic rings. The Morgan fingerprint density at radius 2 is 1.82 bits per heavy atom. The minimum atomic E-state index is -0.568. The molecule has 0 bridgehead atoms. The largest absolute Gasteiger partial charge is 0.419 e. The van der Waals surface area contributed by atoms with E-state index in [1.54, 1.807) is 20.8 Å². The molecule has 0 saturated heterocycles. The fraction of sp³-hybridized carbons (Fsp3) is 0.333.